The van der Waals surface area contributed by atoms with Crippen LogP contribution in [0.1, 0.15) is 37.4 Å². The Bertz CT molecular complexity index is 284. The summed E-state index contributed by atoms with van der Waals surface area (Å²) in [6.45, 7) is 0.728. The summed E-state index contributed by atoms with van der Waals surface area (Å²) in [5.41, 5.74) is 6.87. The fourth-order valence-corrected chi connectivity index (χ4v) is 2.21. The first-order chi connectivity index (χ1) is 7.40. The van der Waals surface area contributed by atoms with E-state index in [0.29, 0.717) is 6.10 Å². The number of hydrogen-bond acceptors (Lipinski definition) is 2. The smallest absolute Gasteiger partial charge is 0.0828 e. The Morgan fingerprint density at radius 3 is 2.73 bits per heavy atom. The molecule has 2 nitrogen and oxygen atoms in total. The molecular formula is C13H19NO. The van der Waals surface area contributed by atoms with Crippen molar-refractivity contribution in [3.05, 3.63) is 35.9 Å². The molecule has 0 unspecified atom stereocenters. The quantitative estimate of drug-likeness (QED) is 0.823. The molecule has 1 aromatic rings. The predicted molar refractivity (Wildman–Crippen MR) is 61.6 cm³/mol. The Balaban J connectivity index is 1.98. The third-order valence-electron chi connectivity index (χ3n) is 3.01. The molecule has 1 fully saturated rings. The highest BCUT2D eigenvalue weighted by atomic mass is 16.5. The second-order valence-electron chi connectivity index (χ2n) is 4.17. The average molecular weight is 205 g/mol. The minimum atomic E-state index is 0.288. The molecule has 1 aliphatic rings. The fourth-order valence-electron chi connectivity index (χ4n) is 2.21. The van der Waals surface area contributed by atoms with Crippen molar-refractivity contribution in [1.29, 1.82) is 0 Å². The van der Waals surface area contributed by atoms with Crippen LogP contribution in [0.25, 0.3) is 0 Å². The minimum absolute atomic E-state index is 0.288. The van der Waals surface area contributed by atoms with E-state index in [1.807, 2.05) is 6.07 Å². The van der Waals surface area contributed by atoms with Crippen molar-refractivity contribution in [1.82, 2.24) is 0 Å². The largest absolute Gasteiger partial charge is 0.370 e. The zero-order valence-electron chi connectivity index (χ0n) is 9.06. The lowest BCUT2D eigenvalue weighted by molar-refractivity contribution is -0.0535. The topological polar surface area (TPSA) is 35.2 Å². The third-order valence-corrected chi connectivity index (χ3v) is 3.01. The summed E-state index contributed by atoms with van der Waals surface area (Å²) in [6.07, 6.45) is 5.21. The first kappa shape index (κ1) is 10.7. The summed E-state index contributed by atoms with van der Waals surface area (Å²) < 4.78 is 6.03. The maximum atomic E-state index is 6.03. The Morgan fingerprint density at radius 2 is 2.00 bits per heavy atom. The van der Waals surface area contributed by atoms with Gasteiger partial charge in [0.2, 0.25) is 0 Å². The lowest BCUT2D eigenvalue weighted by atomic mass is 9.97. The highest BCUT2D eigenvalue weighted by molar-refractivity contribution is 5.17. The number of benzene rings is 1. The van der Waals surface area contributed by atoms with Crippen LogP contribution in [0.3, 0.4) is 0 Å². The molecule has 2 N–H and O–H groups in total. The molecule has 1 heterocycles. The number of hydrogen-bond donors (Lipinski definition) is 1. The van der Waals surface area contributed by atoms with Gasteiger partial charge in [-0.25, -0.2) is 0 Å². The van der Waals surface area contributed by atoms with Gasteiger partial charge in [0.25, 0.3) is 0 Å². The van der Waals surface area contributed by atoms with Crippen molar-refractivity contribution in [2.45, 2.75) is 37.9 Å². The standard InChI is InChI=1S/C13H19NO/c14-10-9-12-7-4-8-13(15-12)11-5-2-1-3-6-11/h1-3,5-6,12-13H,4,7-10,14H2/t12-,13+/m0/s1. The Labute approximate surface area is 91.4 Å². The van der Waals surface area contributed by atoms with E-state index in [2.05, 4.69) is 24.3 Å². The van der Waals surface area contributed by atoms with E-state index < -0.39 is 0 Å². The summed E-state index contributed by atoms with van der Waals surface area (Å²) in [7, 11) is 0. The van der Waals surface area contributed by atoms with Gasteiger partial charge in [-0.1, -0.05) is 30.3 Å². The Kier molecular flexibility index (Phi) is 3.75. The summed E-state index contributed by atoms with van der Waals surface area (Å²) in [5.74, 6) is 0. The van der Waals surface area contributed by atoms with E-state index in [1.54, 1.807) is 0 Å². The van der Waals surface area contributed by atoms with Crippen molar-refractivity contribution in [3.63, 3.8) is 0 Å². The molecule has 0 bridgehead atoms. The van der Waals surface area contributed by atoms with E-state index in [9.17, 15) is 0 Å². The van der Waals surface area contributed by atoms with Crippen LogP contribution in [0.2, 0.25) is 0 Å². The molecule has 0 radical (unpaired) electrons. The monoisotopic (exact) mass is 205 g/mol. The van der Waals surface area contributed by atoms with Gasteiger partial charge in [0.15, 0.2) is 0 Å². The van der Waals surface area contributed by atoms with Crippen molar-refractivity contribution in [2.75, 3.05) is 6.54 Å². The van der Waals surface area contributed by atoms with Crippen LogP contribution in [0.4, 0.5) is 0 Å². The highest BCUT2D eigenvalue weighted by Gasteiger charge is 2.22. The van der Waals surface area contributed by atoms with Crippen LogP contribution in [-0.4, -0.2) is 12.6 Å². The average Bonchev–Trinajstić information content (AvgIpc) is 2.31. The molecular weight excluding hydrogens is 186 g/mol. The molecule has 0 spiro atoms. The van der Waals surface area contributed by atoms with Crippen LogP contribution < -0.4 is 5.73 Å². The SMILES string of the molecule is NCC[C@@H]1CCC[C@H](c2ccccc2)O1. The van der Waals surface area contributed by atoms with E-state index >= 15 is 0 Å². The van der Waals surface area contributed by atoms with Gasteiger partial charge < -0.3 is 10.5 Å². The van der Waals surface area contributed by atoms with Gasteiger partial charge in [-0.05, 0) is 37.8 Å². The van der Waals surface area contributed by atoms with E-state index in [0.717, 1.165) is 19.4 Å². The molecule has 2 rings (SSSR count). The van der Waals surface area contributed by atoms with Crippen molar-refractivity contribution in [2.24, 2.45) is 5.73 Å². The van der Waals surface area contributed by atoms with Crippen LogP contribution in [0.15, 0.2) is 30.3 Å². The van der Waals surface area contributed by atoms with Crippen LogP contribution >= 0.6 is 0 Å². The van der Waals surface area contributed by atoms with Crippen LogP contribution in [0.5, 0.6) is 0 Å². The summed E-state index contributed by atoms with van der Waals surface area (Å²) in [6, 6.07) is 10.5. The van der Waals surface area contributed by atoms with Crippen molar-refractivity contribution in [3.8, 4) is 0 Å². The van der Waals surface area contributed by atoms with E-state index in [4.69, 9.17) is 10.5 Å². The first-order valence-electron chi connectivity index (χ1n) is 5.80. The highest BCUT2D eigenvalue weighted by Crippen LogP contribution is 2.31. The lowest BCUT2D eigenvalue weighted by Gasteiger charge is -2.30. The molecule has 0 aliphatic carbocycles. The molecule has 0 amide bonds. The fraction of sp³-hybridized carbons (Fsp3) is 0.538. The molecule has 1 saturated heterocycles. The molecule has 0 aromatic heterocycles. The Morgan fingerprint density at radius 1 is 1.20 bits per heavy atom. The third kappa shape index (κ3) is 2.80. The van der Waals surface area contributed by atoms with Crippen molar-refractivity contribution < 1.29 is 4.74 Å². The van der Waals surface area contributed by atoms with Crippen LogP contribution in [0, 0.1) is 0 Å². The first-order valence-corrected chi connectivity index (χ1v) is 5.80. The second kappa shape index (κ2) is 5.29. The molecule has 15 heavy (non-hydrogen) atoms. The van der Waals surface area contributed by atoms with Gasteiger partial charge in [-0.15, -0.1) is 0 Å². The number of rotatable bonds is 3. The van der Waals surface area contributed by atoms with E-state index in [1.165, 1.54) is 18.4 Å². The summed E-state index contributed by atoms with van der Waals surface area (Å²) >= 11 is 0. The maximum Gasteiger partial charge on any atom is 0.0828 e. The minimum Gasteiger partial charge on any atom is -0.370 e. The van der Waals surface area contributed by atoms with E-state index in [-0.39, 0.29) is 6.10 Å². The van der Waals surface area contributed by atoms with Gasteiger partial charge in [-0.2, -0.15) is 0 Å². The lowest BCUT2D eigenvalue weighted by Crippen LogP contribution is -2.24. The molecule has 1 aliphatic heterocycles. The van der Waals surface area contributed by atoms with Crippen LogP contribution in [-0.2, 0) is 4.74 Å². The summed E-state index contributed by atoms with van der Waals surface area (Å²) in [4.78, 5) is 0. The molecule has 1 aromatic carbocycles. The van der Waals surface area contributed by atoms with Crippen molar-refractivity contribution >= 4 is 0 Å². The van der Waals surface area contributed by atoms with Gasteiger partial charge in [0.1, 0.15) is 0 Å². The molecule has 0 saturated carbocycles. The van der Waals surface area contributed by atoms with Gasteiger partial charge >= 0.3 is 0 Å². The predicted octanol–water partition coefficient (Wildman–Crippen LogP) is 2.65. The summed E-state index contributed by atoms with van der Waals surface area (Å²) in [5, 5.41) is 0. The molecule has 2 atom stereocenters. The zero-order chi connectivity index (χ0) is 10.5. The molecule has 82 valence electrons. The normalized spacial score (nSPS) is 26.5. The number of ether oxygens (including phenoxy) is 1. The maximum absolute atomic E-state index is 6.03. The van der Waals surface area contributed by atoms with Gasteiger partial charge in [0, 0.05) is 0 Å². The molecule has 2 heteroatoms. The van der Waals surface area contributed by atoms with Gasteiger partial charge in [-0.3, -0.25) is 0 Å². The van der Waals surface area contributed by atoms with Gasteiger partial charge in [0.05, 0.1) is 12.2 Å². The zero-order valence-corrected chi connectivity index (χ0v) is 9.06. The number of nitrogens with two attached hydrogens (primary N) is 1. The Hall–Kier alpha value is -0.860. The second-order valence-corrected chi connectivity index (χ2v) is 4.17.